The smallest absolute Gasteiger partial charge is 0.319 e. The average molecular weight is 447 g/mol. The van der Waals surface area contributed by atoms with E-state index in [1.807, 2.05) is 61.5 Å². The Morgan fingerprint density at radius 1 is 1.09 bits per heavy atom. The van der Waals surface area contributed by atoms with E-state index in [4.69, 9.17) is 0 Å². The number of pyridine rings is 1. The Hall–Kier alpha value is -3.85. The van der Waals surface area contributed by atoms with Crippen LogP contribution in [0.2, 0.25) is 0 Å². The van der Waals surface area contributed by atoms with Crippen LogP contribution in [-0.4, -0.2) is 20.6 Å². The molecule has 0 fully saturated rings. The molecule has 0 bridgehead atoms. The van der Waals surface area contributed by atoms with E-state index in [0.717, 1.165) is 16.1 Å². The minimum atomic E-state index is -0.287. The van der Waals surface area contributed by atoms with Crippen molar-refractivity contribution in [2.45, 2.75) is 18.4 Å². The summed E-state index contributed by atoms with van der Waals surface area (Å²) in [6, 6.07) is 16.4. The maximum atomic E-state index is 12.5. The molecule has 0 saturated heterocycles. The van der Waals surface area contributed by atoms with Crippen molar-refractivity contribution in [3.63, 3.8) is 0 Å². The number of benzene rings is 2. The summed E-state index contributed by atoms with van der Waals surface area (Å²) in [6.45, 7) is 2.22. The second-order valence-corrected chi connectivity index (χ2v) is 8.03. The van der Waals surface area contributed by atoms with E-state index in [2.05, 4.69) is 25.3 Å². The van der Waals surface area contributed by atoms with Gasteiger partial charge in [0.05, 0.1) is 10.9 Å². The van der Waals surface area contributed by atoms with Crippen LogP contribution in [0, 0.1) is 6.92 Å². The first-order chi connectivity index (χ1) is 15.5. The Bertz CT molecular complexity index is 1310. The maximum Gasteiger partial charge on any atom is 0.319 e. The van der Waals surface area contributed by atoms with Gasteiger partial charge in [-0.1, -0.05) is 6.07 Å². The number of carbonyl (C=O) groups excluding carboxylic acids is 1. The molecule has 2 amide bonds. The normalized spacial score (nSPS) is 10.7. The average Bonchev–Trinajstić information content (AvgIpc) is 2.82. The first kappa shape index (κ1) is 21.4. The van der Waals surface area contributed by atoms with Crippen LogP contribution in [0.3, 0.4) is 0 Å². The number of fused-ring (bicyclic) bond motifs is 1. The van der Waals surface area contributed by atoms with E-state index >= 15 is 0 Å². The molecular weight excluding hydrogens is 424 g/mol. The SMILES string of the molecule is Cc1nc2ccc(SNc3ccc(NC(=O)NCc4cccnc4)cc3)cc2c(=O)n1C. The second-order valence-electron chi connectivity index (χ2n) is 7.15. The molecule has 0 aliphatic carbocycles. The molecule has 4 rings (SSSR count). The van der Waals surface area contributed by atoms with Crippen LogP contribution in [0.25, 0.3) is 10.9 Å². The van der Waals surface area contributed by atoms with Gasteiger partial charge in [-0.2, -0.15) is 0 Å². The maximum absolute atomic E-state index is 12.5. The third kappa shape index (κ3) is 5.06. The fourth-order valence-corrected chi connectivity index (χ4v) is 3.71. The molecule has 0 aliphatic rings. The first-order valence-electron chi connectivity index (χ1n) is 9.94. The van der Waals surface area contributed by atoms with Gasteiger partial charge in [0.25, 0.3) is 5.56 Å². The zero-order chi connectivity index (χ0) is 22.5. The number of aromatic nitrogens is 3. The Morgan fingerprint density at radius 2 is 1.88 bits per heavy atom. The summed E-state index contributed by atoms with van der Waals surface area (Å²) in [5, 5.41) is 6.18. The molecule has 32 heavy (non-hydrogen) atoms. The minimum absolute atomic E-state index is 0.0628. The van der Waals surface area contributed by atoms with Crippen molar-refractivity contribution >= 4 is 40.3 Å². The lowest BCUT2D eigenvalue weighted by molar-refractivity contribution is 0.251. The van der Waals surface area contributed by atoms with Crippen molar-refractivity contribution in [3.05, 3.63) is 88.7 Å². The summed E-state index contributed by atoms with van der Waals surface area (Å²) in [7, 11) is 1.72. The summed E-state index contributed by atoms with van der Waals surface area (Å²) in [6.07, 6.45) is 3.40. The molecule has 0 radical (unpaired) electrons. The number of rotatable bonds is 6. The van der Waals surface area contributed by atoms with Gasteiger partial charge in [0.2, 0.25) is 0 Å². The molecule has 162 valence electrons. The molecule has 9 heteroatoms. The summed E-state index contributed by atoms with van der Waals surface area (Å²) in [5.41, 5.74) is 3.10. The summed E-state index contributed by atoms with van der Waals surface area (Å²) in [5.74, 6) is 0.681. The zero-order valence-corrected chi connectivity index (χ0v) is 18.4. The van der Waals surface area contributed by atoms with Crippen LogP contribution in [0.4, 0.5) is 16.2 Å². The van der Waals surface area contributed by atoms with E-state index < -0.39 is 0 Å². The zero-order valence-electron chi connectivity index (χ0n) is 17.6. The van der Waals surface area contributed by atoms with Crippen LogP contribution < -0.4 is 20.9 Å². The summed E-state index contributed by atoms with van der Waals surface area (Å²) >= 11 is 1.40. The molecule has 2 aromatic carbocycles. The number of hydrogen-bond donors (Lipinski definition) is 3. The number of nitrogens with one attached hydrogen (secondary N) is 3. The molecular formula is C23H22N6O2S. The molecule has 3 N–H and O–H groups in total. The van der Waals surface area contributed by atoms with E-state index in [9.17, 15) is 9.59 Å². The number of carbonyl (C=O) groups is 1. The number of anilines is 2. The van der Waals surface area contributed by atoms with Gasteiger partial charge in [-0.3, -0.25) is 14.3 Å². The standard InChI is InChI=1S/C23H22N6O2S/c1-15-26-21-10-9-19(12-20(21)22(30)29(15)2)32-28-18-7-5-17(6-8-18)27-23(31)25-14-16-4-3-11-24-13-16/h3-13,28H,14H2,1-2H3,(H2,25,27,31). The van der Waals surface area contributed by atoms with Gasteiger partial charge < -0.3 is 15.4 Å². The number of hydrogen-bond acceptors (Lipinski definition) is 6. The van der Waals surface area contributed by atoms with Crippen LogP contribution in [0.1, 0.15) is 11.4 Å². The predicted molar refractivity (Wildman–Crippen MR) is 128 cm³/mol. The van der Waals surface area contributed by atoms with Crippen molar-refractivity contribution in [1.29, 1.82) is 0 Å². The minimum Gasteiger partial charge on any atom is -0.334 e. The van der Waals surface area contributed by atoms with Crippen LogP contribution in [-0.2, 0) is 13.6 Å². The van der Waals surface area contributed by atoms with E-state index in [-0.39, 0.29) is 11.6 Å². The van der Waals surface area contributed by atoms with Gasteiger partial charge in [-0.15, -0.1) is 0 Å². The molecule has 0 spiro atoms. The molecule has 2 aromatic heterocycles. The summed E-state index contributed by atoms with van der Waals surface area (Å²) < 4.78 is 4.79. The molecule has 0 unspecified atom stereocenters. The highest BCUT2D eigenvalue weighted by Crippen LogP contribution is 2.24. The molecule has 4 aromatic rings. The lowest BCUT2D eigenvalue weighted by atomic mass is 10.2. The number of amides is 2. The highest BCUT2D eigenvalue weighted by atomic mass is 32.2. The third-order valence-corrected chi connectivity index (χ3v) is 5.70. The second kappa shape index (κ2) is 9.52. The molecule has 2 heterocycles. The van der Waals surface area contributed by atoms with Crippen LogP contribution in [0.15, 0.2) is 76.7 Å². The molecule has 0 atom stereocenters. The van der Waals surface area contributed by atoms with Gasteiger partial charge in [0.1, 0.15) is 5.82 Å². The number of urea groups is 1. The third-order valence-electron chi connectivity index (χ3n) is 4.88. The highest BCUT2D eigenvalue weighted by molar-refractivity contribution is 8.00. The quantitative estimate of drug-likeness (QED) is 0.386. The van der Waals surface area contributed by atoms with Gasteiger partial charge in [0, 0.05) is 42.3 Å². The largest absolute Gasteiger partial charge is 0.334 e. The fourth-order valence-electron chi connectivity index (χ4n) is 3.02. The molecule has 8 nitrogen and oxygen atoms in total. The summed E-state index contributed by atoms with van der Waals surface area (Å²) in [4.78, 5) is 33.9. The molecule has 0 aliphatic heterocycles. The van der Waals surface area contributed by atoms with Crippen molar-refractivity contribution in [3.8, 4) is 0 Å². The van der Waals surface area contributed by atoms with Crippen molar-refractivity contribution in [2.24, 2.45) is 7.05 Å². The number of nitrogens with zero attached hydrogens (tertiary/aromatic N) is 3. The Labute approximate surface area is 189 Å². The van der Waals surface area contributed by atoms with Crippen molar-refractivity contribution in [1.82, 2.24) is 19.9 Å². The lowest BCUT2D eigenvalue weighted by Gasteiger charge is -2.10. The monoisotopic (exact) mass is 446 g/mol. The lowest BCUT2D eigenvalue weighted by Crippen LogP contribution is -2.28. The van der Waals surface area contributed by atoms with Crippen LogP contribution in [0.5, 0.6) is 0 Å². The highest BCUT2D eigenvalue weighted by Gasteiger charge is 2.07. The first-order valence-corrected chi connectivity index (χ1v) is 10.8. The van der Waals surface area contributed by atoms with Gasteiger partial charge in [-0.25, -0.2) is 9.78 Å². The fraction of sp³-hybridized carbons (Fsp3) is 0.130. The predicted octanol–water partition coefficient (Wildman–Crippen LogP) is 4.08. The van der Waals surface area contributed by atoms with E-state index in [1.165, 1.54) is 11.9 Å². The van der Waals surface area contributed by atoms with E-state index in [1.54, 1.807) is 24.0 Å². The molecule has 0 saturated carbocycles. The number of aryl methyl sites for hydroxylation is 1. The van der Waals surface area contributed by atoms with Crippen molar-refractivity contribution in [2.75, 3.05) is 10.0 Å². The van der Waals surface area contributed by atoms with Gasteiger partial charge >= 0.3 is 6.03 Å². The Balaban J connectivity index is 1.34. The Morgan fingerprint density at radius 3 is 2.62 bits per heavy atom. The van der Waals surface area contributed by atoms with Crippen molar-refractivity contribution < 1.29 is 4.79 Å². The van der Waals surface area contributed by atoms with Gasteiger partial charge in [-0.05, 0) is 73.0 Å². The topological polar surface area (TPSA) is 101 Å². The Kier molecular flexibility index (Phi) is 6.37. The van der Waals surface area contributed by atoms with E-state index in [0.29, 0.717) is 29.0 Å². The van der Waals surface area contributed by atoms with Gasteiger partial charge in [0.15, 0.2) is 0 Å². The van der Waals surface area contributed by atoms with Crippen LogP contribution >= 0.6 is 11.9 Å².